The van der Waals surface area contributed by atoms with Crippen LogP contribution in [0.1, 0.15) is 11.3 Å². The molecule has 2 aromatic rings. The number of ether oxygens (including phenoxy) is 2. The summed E-state index contributed by atoms with van der Waals surface area (Å²) in [5, 5.41) is 4.30. The molecule has 1 aromatic heterocycles. The summed E-state index contributed by atoms with van der Waals surface area (Å²) in [6.07, 6.45) is 0. The largest absolute Gasteiger partial charge is 0.493 e. The molecule has 0 unspecified atom stereocenters. The van der Waals surface area contributed by atoms with Crippen LogP contribution in [0.5, 0.6) is 17.4 Å². The van der Waals surface area contributed by atoms with Gasteiger partial charge in [-0.05, 0) is 19.1 Å². The van der Waals surface area contributed by atoms with Crippen molar-refractivity contribution in [3.05, 3.63) is 35.5 Å². The van der Waals surface area contributed by atoms with Crippen LogP contribution in [0.15, 0.2) is 24.3 Å². The summed E-state index contributed by atoms with van der Waals surface area (Å²) in [5.74, 6) is 1.98. The molecule has 0 saturated heterocycles. The van der Waals surface area contributed by atoms with Crippen LogP contribution in [0.25, 0.3) is 0 Å². The van der Waals surface area contributed by atoms with Gasteiger partial charge in [-0.15, -0.1) is 0 Å². The van der Waals surface area contributed by atoms with E-state index in [0.29, 0.717) is 23.9 Å². The lowest BCUT2D eigenvalue weighted by molar-refractivity contribution is 0.364. The fourth-order valence-corrected chi connectivity index (χ4v) is 1.85. The van der Waals surface area contributed by atoms with Gasteiger partial charge in [0.2, 0.25) is 5.88 Å². The van der Waals surface area contributed by atoms with E-state index in [4.69, 9.17) is 15.2 Å². The molecule has 5 nitrogen and oxygen atoms in total. The van der Waals surface area contributed by atoms with Crippen molar-refractivity contribution in [2.75, 3.05) is 7.11 Å². The van der Waals surface area contributed by atoms with Gasteiger partial charge in [0.25, 0.3) is 0 Å². The lowest BCUT2D eigenvalue weighted by Gasteiger charge is -2.11. The highest BCUT2D eigenvalue weighted by molar-refractivity contribution is 5.43. The fraction of sp³-hybridized carbons (Fsp3) is 0.308. The Morgan fingerprint density at radius 3 is 2.56 bits per heavy atom. The topological polar surface area (TPSA) is 62.3 Å². The Hall–Kier alpha value is -2.01. The molecule has 18 heavy (non-hydrogen) atoms. The highest BCUT2D eigenvalue weighted by atomic mass is 16.5. The minimum Gasteiger partial charge on any atom is -0.493 e. The van der Waals surface area contributed by atoms with Crippen molar-refractivity contribution in [1.29, 1.82) is 0 Å². The Kier molecular flexibility index (Phi) is 3.53. The molecule has 0 radical (unpaired) electrons. The van der Waals surface area contributed by atoms with Gasteiger partial charge in [-0.1, -0.05) is 12.1 Å². The zero-order chi connectivity index (χ0) is 13.1. The molecule has 0 aliphatic heterocycles. The minimum absolute atomic E-state index is 0.393. The number of benzene rings is 1. The highest BCUT2D eigenvalue weighted by Crippen LogP contribution is 2.33. The van der Waals surface area contributed by atoms with Gasteiger partial charge in [0.1, 0.15) is 0 Å². The van der Waals surface area contributed by atoms with E-state index < -0.39 is 0 Å². The third kappa shape index (κ3) is 2.17. The molecule has 0 fully saturated rings. The van der Waals surface area contributed by atoms with Gasteiger partial charge < -0.3 is 15.2 Å². The predicted octanol–water partition coefficient (Wildman–Crippen LogP) is 1.99. The molecule has 0 aliphatic rings. The Balaban J connectivity index is 2.39. The number of aromatic nitrogens is 2. The molecule has 0 aliphatic carbocycles. The summed E-state index contributed by atoms with van der Waals surface area (Å²) in [7, 11) is 3.44. The van der Waals surface area contributed by atoms with Crippen molar-refractivity contribution in [2.45, 2.75) is 13.5 Å². The Labute approximate surface area is 106 Å². The first-order valence-corrected chi connectivity index (χ1v) is 5.70. The Morgan fingerprint density at radius 1 is 1.28 bits per heavy atom. The van der Waals surface area contributed by atoms with E-state index in [0.717, 1.165) is 11.3 Å². The third-order valence-corrected chi connectivity index (χ3v) is 2.77. The summed E-state index contributed by atoms with van der Waals surface area (Å²) in [6, 6.07) is 7.48. The minimum atomic E-state index is 0.393. The smallest absolute Gasteiger partial charge is 0.222 e. The van der Waals surface area contributed by atoms with Crippen LogP contribution in [-0.2, 0) is 13.6 Å². The molecule has 2 N–H and O–H groups in total. The van der Waals surface area contributed by atoms with E-state index in [9.17, 15) is 0 Å². The van der Waals surface area contributed by atoms with E-state index in [1.807, 2.05) is 38.2 Å². The summed E-state index contributed by atoms with van der Waals surface area (Å²) < 4.78 is 12.8. The summed E-state index contributed by atoms with van der Waals surface area (Å²) in [5.41, 5.74) is 7.51. The molecular formula is C13H17N3O2. The van der Waals surface area contributed by atoms with Crippen LogP contribution in [0, 0.1) is 6.92 Å². The number of hydrogen-bond donors (Lipinski definition) is 1. The normalized spacial score (nSPS) is 10.4. The molecule has 1 aromatic carbocycles. The van der Waals surface area contributed by atoms with E-state index in [2.05, 4.69) is 5.10 Å². The number of nitrogens with two attached hydrogens (primary N) is 1. The van der Waals surface area contributed by atoms with Crippen molar-refractivity contribution in [3.8, 4) is 17.4 Å². The van der Waals surface area contributed by atoms with Crippen LogP contribution in [0.2, 0.25) is 0 Å². The second-order valence-electron chi connectivity index (χ2n) is 3.95. The maximum absolute atomic E-state index is 5.87. The molecule has 0 spiro atoms. The van der Waals surface area contributed by atoms with Crippen molar-refractivity contribution >= 4 is 0 Å². The maximum Gasteiger partial charge on any atom is 0.222 e. The van der Waals surface area contributed by atoms with Gasteiger partial charge in [-0.2, -0.15) is 5.10 Å². The molecular weight excluding hydrogens is 230 g/mol. The van der Waals surface area contributed by atoms with Gasteiger partial charge >= 0.3 is 0 Å². The second kappa shape index (κ2) is 5.10. The number of para-hydroxylation sites is 2. The average molecular weight is 247 g/mol. The molecule has 5 heteroatoms. The quantitative estimate of drug-likeness (QED) is 0.897. The second-order valence-corrected chi connectivity index (χ2v) is 3.95. The molecule has 0 amide bonds. The monoisotopic (exact) mass is 247 g/mol. The zero-order valence-electron chi connectivity index (χ0n) is 10.8. The average Bonchev–Trinajstić information content (AvgIpc) is 2.64. The van der Waals surface area contributed by atoms with E-state index in [-0.39, 0.29) is 0 Å². The predicted molar refractivity (Wildman–Crippen MR) is 68.9 cm³/mol. The van der Waals surface area contributed by atoms with Gasteiger partial charge in [-0.25, -0.2) is 4.68 Å². The van der Waals surface area contributed by atoms with E-state index >= 15 is 0 Å². The lowest BCUT2D eigenvalue weighted by atomic mass is 10.2. The number of rotatable bonds is 4. The van der Waals surface area contributed by atoms with Gasteiger partial charge in [-0.3, -0.25) is 0 Å². The standard InChI is InChI=1S/C13H17N3O2/c1-9-10(8-14)13(16(2)15-9)18-12-7-5-4-6-11(12)17-3/h4-7H,8,14H2,1-3H3. The number of hydrogen-bond acceptors (Lipinski definition) is 4. The molecule has 0 saturated carbocycles. The first-order valence-electron chi connectivity index (χ1n) is 5.70. The summed E-state index contributed by atoms with van der Waals surface area (Å²) >= 11 is 0. The van der Waals surface area contributed by atoms with Gasteiger partial charge in [0.15, 0.2) is 11.5 Å². The van der Waals surface area contributed by atoms with Crippen molar-refractivity contribution < 1.29 is 9.47 Å². The van der Waals surface area contributed by atoms with E-state index in [1.54, 1.807) is 11.8 Å². The summed E-state index contributed by atoms with van der Waals surface area (Å²) in [4.78, 5) is 0. The first kappa shape index (κ1) is 12.4. The fourth-order valence-electron chi connectivity index (χ4n) is 1.85. The van der Waals surface area contributed by atoms with Gasteiger partial charge in [0, 0.05) is 13.6 Å². The lowest BCUT2D eigenvalue weighted by Crippen LogP contribution is -2.02. The molecule has 0 bridgehead atoms. The zero-order valence-corrected chi connectivity index (χ0v) is 10.8. The Bertz CT molecular complexity index is 549. The molecule has 2 rings (SSSR count). The first-order chi connectivity index (χ1) is 8.67. The summed E-state index contributed by atoms with van der Waals surface area (Å²) in [6.45, 7) is 2.31. The number of methoxy groups -OCH3 is 1. The van der Waals surface area contributed by atoms with Crippen LogP contribution in [0.4, 0.5) is 0 Å². The molecule has 1 heterocycles. The van der Waals surface area contributed by atoms with Crippen molar-refractivity contribution in [1.82, 2.24) is 9.78 Å². The van der Waals surface area contributed by atoms with Crippen LogP contribution in [0.3, 0.4) is 0 Å². The van der Waals surface area contributed by atoms with Gasteiger partial charge in [0.05, 0.1) is 18.4 Å². The highest BCUT2D eigenvalue weighted by Gasteiger charge is 2.15. The van der Waals surface area contributed by atoms with Crippen molar-refractivity contribution in [2.24, 2.45) is 12.8 Å². The van der Waals surface area contributed by atoms with Crippen molar-refractivity contribution in [3.63, 3.8) is 0 Å². The SMILES string of the molecule is COc1ccccc1Oc1c(CN)c(C)nn1C. The molecule has 0 atom stereocenters. The third-order valence-electron chi connectivity index (χ3n) is 2.77. The van der Waals surface area contributed by atoms with Crippen LogP contribution < -0.4 is 15.2 Å². The van der Waals surface area contributed by atoms with Crippen LogP contribution >= 0.6 is 0 Å². The number of aryl methyl sites for hydroxylation is 2. The Morgan fingerprint density at radius 2 is 1.94 bits per heavy atom. The number of nitrogens with zero attached hydrogens (tertiary/aromatic N) is 2. The molecule has 96 valence electrons. The van der Waals surface area contributed by atoms with E-state index in [1.165, 1.54) is 0 Å². The van der Waals surface area contributed by atoms with Crippen LogP contribution in [-0.4, -0.2) is 16.9 Å². The maximum atomic E-state index is 5.87.